The third kappa shape index (κ3) is 4.39. The summed E-state index contributed by atoms with van der Waals surface area (Å²) in [5, 5.41) is 0. The molecule has 2 rings (SSSR count). The van der Waals surface area contributed by atoms with Crippen molar-refractivity contribution in [2.24, 2.45) is 11.7 Å². The van der Waals surface area contributed by atoms with Crippen molar-refractivity contribution in [1.82, 2.24) is 4.90 Å². The summed E-state index contributed by atoms with van der Waals surface area (Å²) in [7, 11) is 0. The van der Waals surface area contributed by atoms with E-state index in [2.05, 4.69) is 18.7 Å². The zero-order valence-electron chi connectivity index (χ0n) is 12.5. The average molecular weight is 278 g/mol. The normalized spacial score (nSPS) is 22.9. The molecule has 1 aliphatic heterocycles. The van der Waals surface area contributed by atoms with Crippen molar-refractivity contribution < 1.29 is 9.47 Å². The predicted molar refractivity (Wildman–Crippen MR) is 81.3 cm³/mol. The van der Waals surface area contributed by atoms with Crippen LogP contribution in [0.1, 0.15) is 20.3 Å². The van der Waals surface area contributed by atoms with Crippen LogP contribution in [0, 0.1) is 5.92 Å². The maximum Gasteiger partial charge on any atom is 0.119 e. The minimum atomic E-state index is 0.310. The lowest BCUT2D eigenvalue weighted by atomic mass is 10.1. The van der Waals surface area contributed by atoms with Crippen molar-refractivity contribution in [2.75, 3.05) is 32.8 Å². The van der Waals surface area contributed by atoms with Gasteiger partial charge in [-0.15, -0.1) is 0 Å². The first kappa shape index (κ1) is 15.1. The Morgan fingerprint density at radius 3 is 2.20 bits per heavy atom. The van der Waals surface area contributed by atoms with Gasteiger partial charge in [0, 0.05) is 25.7 Å². The summed E-state index contributed by atoms with van der Waals surface area (Å²) in [5.74, 6) is 2.38. The Morgan fingerprint density at radius 1 is 1.10 bits per heavy atom. The lowest BCUT2D eigenvalue weighted by Crippen LogP contribution is -2.30. The Kier molecular flexibility index (Phi) is 5.68. The van der Waals surface area contributed by atoms with Crippen LogP contribution in [0.5, 0.6) is 11.5 Å². The van der Waals surface area contributed by atoms with Crippen molar-refractivity contribution in [3.63, 3.8) is 0 Å². The topological polar surface area (TPSA) is 47.7 Å². The minimum absolute atomic E-state index is 0.310. The lowest BCUT2D eigenvalue weighted by Gasteiger charge is -2.15. The molecule has 4 heteroatoms. The van der Waals surface area contributed by atoms with Crippen LogP contribution in [0.25, 0.3) is 0 Å². The van der Waals surface area contributed by atoms with E-state index in [9.17, 15) is 0 Å². The van der Waals surface area contributed by atoms with E-state index in [4.69, 9.17) is 15.2 Å². The number of rotatable bonds is 7. The molecule has 1 saturated heterocycles. The molecule has 0 bridgehead atoms. The Morgan fingerprint density at radius 2 is 1.70 bits per heavy atom. The van der Waals surface area contributed by atoms with E-state index in [1.54, 1.807) is 0 Å². The molecule has 0 aromatic heterocycles. The molecule has 1 heterocycles. The Hall–Kier alpha value is -1.26. The highest BCUT2D eigenvalue weighted by molar-refractivity contribution is 5.31. The van der Waals surface area contributed by atoms with E-state index in [1.807, 2.05) is 24.3 Å². The standard InChI is InChI=1S/C16H26N2O2/c1-3-9-19-14-4-6-15(7-5-14)20-10-8-18-11-13(2)16(17)12-18/h4-7,13,16H,3,8-12,17H2,1-2H3. The van der Waals surface area contributed by atoms with Crippen LogP contribution in [-0.4, -0.2) is 43.8 Å². The van der Waals surface area contributed by atoms with Gasteiger partial charge in [-0.25, -0.2) is 0 Å². The molecule has 112 valence electrons. The highest BCUT2D eigenvalue weighted by Gasteiger charge is 2.25. The summed E-state index contributed by atoms with van der Waals surface area (Å²) in [4.78, 5) is 2.37. The van der Waals surface area contributed by atoms with Crippen LogP contribution in [0.15, 0.2) is 24.3 Å². The molecule has 2 atom stereocenters. The molecule has 0 radical (unpaired) electrons. The van der Waals surface area contributed by atoms with Gasteiger partial charge in [-0.1, -0.05) is 13.8 Å². The highest BCUT2D eigenvalue weighted by atomic mass is 16.5. The fraction of sp³-hybridized carbons (Fsp3) is 0.625. The summed E-state index contributed by atoms with van der Waals surface area (Å²) in [6.07, 6.45) is 1.02. The zero-order valence-corrected chi connectivity index (χ0v) is 12.5. The van der Waals surface area contributed by atoms with Gasteiger partial charge in [-0.2, -0.15) is 0 Å². The van der Waals surface area contributed by atoms with Crippen molar-refractivity contribution in [2.45, 2.75) is 26.3 Å². The third-order valence-corrected chi connectivity index (χ3v) is 3.72. The maximum atomic E-state index is 6.01. The molecule has 1 aromatic carbocycles. The van der Waals surface area contributed by atoms with E-state index in [1.165, 1.54) is 0 Å². The molecule has 1 aliphatic rings. The second-order valence-electron chi connectivity index (χ2n) is 5.57. The molecule has 0 spiro atoms. The van der Waals surface area contributed by atoms with Crippen molar-refractivity contribution in [3.8, 4) is 11.5 Å². The summed E-state index contributed by atoms with van der Waals surface area (Å²) >= 11 is 0. The molecular weight excluding hydrogens is 252 g/mol. The molecule has 2 unspecified atom stereocenters. The second-order valence-corrected chi connectivity index (χ2v) is 5.57. The van der Waals surface area contributed by atoms with E-state index in [0.717, 1.165) is 44.2 Å². The van der Waals surface area contributed by atoms with Gasteiger partial charge in [0.2, 0.25) is 0 Å². The quantitative estimate of drug-likeness (QED) is 0.830. The zero-order chi connectivity index (χ0) is 14.4. The number of benzene rings is 1. The van der Waals surface area contributed by atoms with Gasteiger partial charge in [0.05, 0.1) is 6.61 Å². The SMILES string of the molecule is CCCOc1ccc(OCCN2CC(C)C(N)C2)cc1. The lowest BCUT2D eigenvalue weighted by molar-refractivity contribution is 0.233. The molecular formula is C16H26N2O2. The summed E-state index contributed by atoms with van der Waals surface area (Å²) < 4.78 is 11.3. The minimum Gasteiger partial charge on any atom is -0.494 e. The fourth-order valence-corrected chi connectivity index (χ4v) is 2.42. The van der Waals surface area contributed by atoms with Gasteiger partial charge in [0.15, 0.2) is 0 Å². The predicted octanol–water partition coefficient (Wildman–Crippen LogP) is 2.13. The van der Waals surface area contributed by atoms with Crippen LogP contribution >= 0.6 is 0 Å². The van der Waals surface area contributed by atoms with Gasteiger partial charge in [-0.05, 0) is 36.6 Å². The number of likely N-dealkylation sites (tertiary alicyclic amines) is 1. The molecule has 2 N–H and O–H groups in total. The first-order chi connectivity index (χ1) is 9.69. The van der Waals surface area contributed by atoms with Gasteiger partial charge in [-0.3, -0.25) is 4.90 Å². The van der Waals surface area contributed by atoms with Gasteiger partial charge < -0.3 is 15.2 Å². The smallest absolute Gasteiger partial charge is 0.119 e. The number of hydrogen-bond acceptors (Lipinski definition) is 4. The molecule has 4 nitrogen and oxygen atoms in total. The summed E-state index contributed by atoms with van der Waals surface area (Å²) in [6.45, 7) is 8.76. The first-order valence-corrected chi connectivity index (χ1v) is 7.52. The third-order valence-electron chi connectivity index (χ3n) is 3.72. The van der Waals surface area contributed by atoms with Crippen LogP contribution in [0.2, 0.25) is 0 Å². The maximum absolute atomic E-state index is 6.01. The Labute approximate surface area is 121 Å². The van der Waals surface area contributed by atoms with E-state index >= 15 is 0 Å². The van der Waals surface area contributed by atoms with Gasteiger partial charge >= 0.3 is 0 Å². The van der Waals surface area contributed by atoms with Gasteiger partial charge in [0.1, 0.15) is 18.1 Å². The monoisotopic (exact) mass is 278 g/mol. The number of nitrogens with zero attached hydrogens (tertiary/aromatic N) is 1. The van der Waals surface area contributed by atoms with E-state index in [0.29, 0.717) is 18.6 Å². The molecule has 0 saturated carbocycles. The van der Waals surface area contributed by atoms with Crippen molar-refractivity contribution in [1.29, 1.82) is 0 Å². The average Bonchev–Trinajstić information content (AvgIpc) is 2.77. The Balaban J connectivity index is 1.69. The van der Waals surface area contributed by atoms with Crippen molar-refractivity contribution >= 4 is 0 Å². The molecule has 1 fully saturated rings. The summed E-state index contributed by atoms with van der Waals surface area (Å²) in [5.41, 5.74) is 6.01. The van der Waals surface area contributed by atoms with Crippen LogP contribution in [-0.2, 0) is 0 Å². The summed E-state index contributed by atoms with van der Waals surface area (Å²) in [6, 6.07) is 8.15. The van der Waals surface area contributed by atoms with Crippen molar-refractivity contribution in [3.05, 3.63) is 24.3 Å². The van der Waals surface area contributed by atoms with E-state index < -0.39 is 0 Å². The molecule has 1 aromatic rings. The van der Waals surface area contributed by atoms with Crippen LogP contribution < -0.4 is 15.2 Å². The number of ether oxygens (including phenoxy) is 2. The molecule has 20 heavy (non-hydrogen) atoms. The van der Waals surface area contributed by atoms with E-state index in [-0.39, 0.29) is 0 Å². The van der Waals surface area contributed by atoms with Crippen LogP contribution in [0.3, 0.4) is 0 Å². The molecule has 0 aliphatic carbocycles. The largest absolute Gasteiger partial charge is 0.494 e. The fourth-order valence-electron chi connectivity index (χ4n) is 2.42. The van der Waals surface area contributed by atoms with Gasteiger partial charge in [0.25, 0.3) is 0 Å². The number of nitrogens with two attached hydrogens (primary N) is 1. The molecule has 0 amide bonds. The first-order valence-electron chi connectivity index (χ1n) is 7.52. The Bertz CT molecular complexity index is 384. The highest BCUT2D eigenvalue weighted by Crippen LogP contribution is 2.18. The van der Waals surface area contributed by atoms with Crippen LogP contribution in [0.4, 0.5) is 0 Å². The second kappa shape index (κ2) is 7.50. The number of hydrogen-bond donors (Lipinski definition) is 1.